The Morgan fingerprint density at radius 2 is 1.52 bits per heavy atom. The van der Waals surface area contributed by atoms with Crippen LogP contribution in [0, 0.1) is 0 Å². The number of nitrogens with zero attached hydrogens (tertiary/aromatic N) is 2. The first kappa shape index (κ1) is 11.8. The number of imidazole rings is 1. The van der Waals surface area contributed by atoms with Crippen LogP contribution in [0.25, 0.3) is 16.9 Å². The van der Waals surface area contributed by atoms with E-state index in [1.165, 1.54) is 0 Å². The number of hydrogen-bond acceptors (Lipinski definition) is 3. The lowest BCUT2D eigenvalue weighted by molar-refractivity contribution is 0.0805. The number of Topliss-reactive ketones (excluding diaryl/α,β-unsaturated/α-hetero) is 2. The molecule has 4 rings (SSSR count). The van der Waals surface area contributed by atoms with Crippen LogP contribution in [0.15, 0.2) is 60.8 Å². The van der Waals surface area contributed by atoms with Crippen LogP contribution in [0.1, 0.15) is 21.0 Å². The molecule has 0 bridgehead atoms. The molecule has 0 atom stereocenters. The van der Waals surface area contributed by atoms with E-state index in [0.717, 1.165) is 11.3 Å². The van der Waals surface area contributed by atoms with Gasteiger partial charge in [0, 0.05) is 5.56 Å². The maximum absolute atomic E-state index is 12.2. The van der Waals surface area contributed by atoms with Crippen molar-refractivity contribution < 1.29 is 9.59 Å². The van der Waals surface area contributed by atoms with Crippen LogP contribution in [-0.2, 0) is 0 Å². The molecule has 0 saturated heterocycles. The number of benzene rings is 2. The summed E-state index contributed by atoms with van der Waals surface area (Å²) in [6.07, 6.45) is 1.64. The number of hydrogen-bond donors (Lipinski definition) is 0. The minimum absolute atomic E-state index is 0.178. The lowest BCUT2D eigenvalue weighted by atomic mass is 10.0. The highest BCUT2D eigenvalue weighted by Crippen LogP contribution is 2.30. The minimum atomic E-state index is -0.559. The summed E-state index contributed by atoms with van der Waals surface area (Å²) in [5.74, 6) is -0.878. The quantitative estimate of drug-likeness (QED) is 0.641. The van der Waals surface area contributed by atoms with Crippen molar-refractivity contribution in [3.8, 4) is 16.9 Å². The highest BCUT2D eigenvalue weighted by molar-refractivity contribution is 6.50. The summed E-state index contributed by atoms with van der Waals surface area (Å²) in [4.78, 5) is 28.5. The van der Waals surface area contributed by atoms with Crippen LogP contribution < -0.4 is 0 Å². The van der Waals surface area contributed by atoms with Crippen LogP contribution in [0.3, 0.4) is 0 Å². The molecule has 3 aromatic rings. The monoisotopic (exact) mass is 274 g/mol. The van der Waals surface area contributed by atoms with E-state index < -0.39 is 11.6 Å². The van der Waals surface area contributed by atoms with Crippen LogP contribution >= 0.6 is 0 Å². The van der Waals surface area contributed by atoms with E-state index in [-0.39, 0.29) is 5.82 Å². The topological polar surface area (TPSA) is 52.0 Å². The number of rotatable bonds is 1. The van der Waals surface area contributed by atoms with Gasteiger partial charge < -0.3 is 0 Å². The zero-order chi connectivity index (χ0) is 14.4. The fourth-order valence-electron chi connectivity index (χ4n) is 2.65. The van der Waals surface area contributed by atoms with Crippen molar-refractivity contribution >= 4 is 11.6 Å². The largest absolute Gasteiger partial charge is 0.289 e. The maximum atomic E-state index is 12.2. The molecule has 1 aromatic heterocycles. The summed E-state index contributed by atoms with van der Waals surface area (Å²) in [6, 6.07) is 16.8. The SMILES string of the molecule is O=C1C(=O)c2ncc(-c3ccccc3)n2-c2ccccc21. The molecule has 0 N–H and O–H groups in total. The van der Waals surface area contributed by atoms with Gasteiger partial charge in [0.2, 0.25) is 5.78 Å². The predicted octanol–water partition coefficient (Wildman–Crippen LogP) is 2.92. The van der Waals surface area contributed by atoms with Crippen molar-refractivity contribution in [2.75, 3.05) is 0 Å². The van der Waals surface area contributed by atoms with E-state index in [0.29, 0.717) is 11.3 Å². The summed E-state index contributed by atoms with van der Waals surface area (Å²) in [6.45, 7) is 0. The first-order valence-electron chi connectivity index (χ1n) is 6.59. The molecular weight excluding hydrogens is 264 g/mol. The number of carbonyl (C=O) groups is 2. The average Bonchev–Trinajstić information content (AvgIpc) is 2.99. The van der Waals surface area contributed by atoms with Crippen molar-refractivity contribution in [3.63, 3.8) is 0 Å². The molecule has 0 amide bonds. The normalized spacial score (nSPS) is 13.0. The van der Waals surface area contributed by atoms with Crippen molar-refractivity contribution in [3.05, 3.63) is 72.2 Å². The lowest BCUT2D eigenvalue weighted by Gasteiger charge is -2.18. The minimum Gasteiger partial charge on any atom is -0.289 e. The number of carbonyl (C=O) groups excluding carboxylic acids is 2. The van der Waals surface area contributed by atoms with E-state index >= 15 is 0 Å². The Labute approximate surface area is 120 Å². The van der Waals surface area contributed by atoms with E-state index in [1.54, 1.807) is 22.9 Å². The molecule has 0 unspecified atom stereocenters. The fraction of sp³-hybridized carbons (Fsp3) is 0. The van der Waals surface area contributed by atoms with Crippen LogP contribution in [0.2, 0.25) is 0 Å². The van der Waals surface area contributed by atoms with Crippen molar-refractivity contribution in [1.29, 1.82) is 0 Å². The van der Waals surface area contributed by atoms with Gasteiger partial charge in [-0.25, -0.2) is 4.98 Å². The van der Waals surface area contributed by atoms with Gasteiger partial charge in [-0.15, -0.1) is 0 Å². The first-order chi connectivity index (χ1) is 10.3. The molecule has 4 nitrogen and oxygen atoms in total. The zero-order valence-electron chi connectivity index (χ0n) is 11.0. The van der Waals surface area contributed by atoms with Crippen LogP contribution in [0.4, 0.5) is 0 Å². The molecule has 2 heterocycles. The summed E-state index contributed by atoms with van der Waals surface area (Å²) < 4.78 is 1.76. The third kappa shape index (κ3) is 1.59. The number of fused-ring (bicyclic) bond motifs is 3. The second kappa shape index (κ2) is 4.24. The fourth-order valence-corrected chi connectivity index (χ4v) is 2.65. The second-order valence-electron chi connectivity index (χ2n) is 4.84. The van der Waals surface area contributed by atoms with E-state index in [2.05, 4.69) is 4.98 Å². The van der Waals surface area contributed by atoms with Gasteiger partial charge in [0.05, 0.1) is 23.1 Å². The van der Waals surface area contributed by atoms with Gasteiger partial charge in [-0.05, 0) is 12.1 Å². The number of para-hydroxylation sites is 1. The molecule has 1 aliphatic heterocycles. The summed E-state index contributed by atoms with van der Waals surface area (Å²) in [5.41, 5.74) is 2.88. The molecule has 0 saturated carbocycles. The highest BCUT2D eigenvalue weighted by atomic mass is 16.2. The third-order valence-electron chi connectivity index (χ3n) is 3.63. The molecule has 0 aliphatic carbocycles. The lowest BCUT2D eigenvalue weighted by Crippen LogP contribution is -2.26. The molecule has 21 heavy (non-hydrogen) atoms. The Hall–Kier alpha value is -3.01. The predicted molar refractivity (Wildman–Crippen MR) is 77.7 cm³/mol. The third-order valence-corrected chi connectivity index (χ3v) is 3.63. The molecule has 100 valence electrons. The Morgan fingerprint density at radius 3 is 2.33 bits per heavy atom. The maximum Gasteiger partial charge on any atom is 0.269 e. The summed E-state index contributed by atoms with van der Waals surface area (Å²) in [7, 11) is 0. The Morgan fingerprint density at radius 1 is 0.810 bits per heavy atom. The van der Waals surface area contributed by atoms with Gasteiger partial charge >= 0.3 is 0 Å². The van der Waals surface area contributed by atoms with E-state index in [1.807, 2.05) is 42.5 Å². The van der Waals surface area contributed by atoms with Gasteiger partial charge in [0.25, 0.3) is 5.78 Å². The summed E-state index contributed by atoms with van der Waals surface area (Å²) in [5, 5.41) is 0. The van der Waals surface area contributed by atoms with Gasteiger partial charge in [0.15, 0.2) is 5.82 Å². The molecule has 1 aliphatic rings. The Balaban J connectivity index is 2.05. The average molecular weight is 274 g/mol. The Bertz CT molecular complexity index is 879. The summed E-state index contributed by atoms with van der Waals surface area (Å²) >= 11 is 0. The smallest absolute Gasteiger partial charge is 0.269 e. The van der Waals surface area contributed by atoms with Gasteiger partial charge in [0.1, 0.15) is 0 Å². The van der Waals surface area contributed by atoms with Gasteiger partial charge in [-0.1, -0.05) is 42.5 Å². The molecule has 0 fully saturated rings. The van der Waals surface area contributed by atoms with Crippen molar-refractivity contribution in [2.24, 2.45) is 0 Å². The van der Waals surface area contributed by atoms with E-state index in [4.69, 9.17) is 0 Å². The molecule has 0 spiro atoms. The van der Waals surface area contributed by atoms with Gasteiger partial charge in [-0.3, -0.25) is 14.2 Å². The first-order valence-corrected chi connectivity index (χ1v) is 6.59. The Kier molecular flexibility index (Phi) is 2.38. The highest BCUT2D eigenvalue weighted by Gasteiger charge is 2.33. The zero-order valence-corrected chi connectivity index (χ0v) is 11.0. The van der Waals surface area contributed by atoms with E-state index in [9.17, 15) is 9.59 Å². The second-order valence-corrected chi connectivity index (χ2v) is 4.84. The number of aromatic nitrogens is 2. The van der Waals surface area contributed by atoms with Crippen LogP contribution in [0.5, 0.6) is 0 Å². The molecule has 4 heteroatoms. The molecular formula is C17H10N2O2. The van der Waals surface area contributed by atoms with Crippen LogP contribution in [-0.4, -0.2) is 21.1 Å². The molecule has 0 radical (unpaired) electrons. The molecule has 2 aromatic carbocycles. The van der Waals surface area contributed by atoms with Crippen molar-refractivity contribution in [2.45, 2.75) is 0 Å². The van der Waals surface area contributed by atoms with Gasteiger partial charge in [-0.2, -0.15) is 0 Å². The van der Waals surface area contributed by atoms with Crippen molar-refractivity contribution in [1.82, 2.24) is 9.55 Å². The standard InChI is InChI=1S/C17H10N2O2/c20-15-12-8-4-5-9-13(12)19-14(10-18-17(19)16(15)21)11-6-2-1-3-7-11/h1-10H. The number of ketones is 2.